The van der Waals surface area contributed by atoms with Gasteiger partial charge in [0, 0.05) is 21.5 Å². The van der Waals surface area contributed by atoms with Gasteiger partial charge >= 0.3 is 0 Å². The Balaban J connectivity index is 1.18. The highest BCUT2D eigenvalue weighted by Gasteiger charge is 2.15. The number of nitrogens with one attached hydrogen (secondary N) is 1. The Morgan fingerprint density at radius 2 is 1.74 bits per heavy atom. The van der Waals surface area contributed by atoms with Crippen LogP contribution < -0.4 is 10.1 Å². The van der Waals surface area contributed by atoms with Crippen LogP contribution in [0.25, 0.3) is 11.3 Å². The molecule has 0 bridgehead atoms. The number of aromatic hydroxyl groups is 1. The van der Waals surface area contributed by atoms with Gasteiger partial charge in [0.25, 0.3) is 5.91 Å². The van der Waals surface area contributed by atoms with Gasteiger partial charge < -0.3 is 15.2 Å². The van der Waals surface area contributed by atoms with Crippen molar-refractivity contribution in [3.05, 3.63) is 124 Å². The van der Waals surface area contributed by atoms with E-state index in [0.29, 0.717) is 29.2 Å². The molecule has 2 N–H and O–H groups in total. The van der Waals surface area contributed by atoms with E-state index >= 15 is 0 Å². The Morgan fingerprint density at radius 1 is 0.952 bits per heavy atom. The van der Waals surface area contributed by atoms with Crippen molar-refractivity contribution in [2.45, 2.75) is 24.3 Å². The molecule has 5 aromatic rings. The summed E-state index contributed by atoms with van der Waals surface area (Å²) in [6.07, 6.45) is 0.816. The van der Waals surface area contributed by atoms with Gasteiger partial charge in [-0.2, -0.15) is 0 Å². The Labute approximate surface area is 253 Å². The van der Waals surface area contributed by atoms with Gasteiger partial charge in [-0.1, -0.05) is 54.1 Å². The molecule has 0 radical (unpaired) electrons. The Hall–Kier alpha value is -4.18. The third-order valence-electron chi connectivity index (χ3n) is 6.44. The molecular formula is C32H27ClN2O5S2. The number of amides is 1. The molecule has 0 aliphatic heterocycles. The number of ether oxygens (including phenoxy) is 1. The van der Waals surface area contributed by atoms with Crippen LogP contribution in [0.15, 0.2) is 107 Å². The number of benzene rings is 4. The number of phenols is 1. The molecule has 7 nitrogen and oxygen atoms in total. The lowest BCUT2D eigenvalue weighted by molar-refractivity contribution is 0.102. The minimum Gasteiger partial charge on any atom is -0.506 e. The summed E-state index contributed by atoms with van der Waals surface area (Å²) in [6.45, 7) is 0.263. The van der Waals surface area contributed by atoms with Crippen LogP contribution in [0.2, 0.25) is 5.02 Å². The van der Waals surface area contributed by atoms with Crippen molar-refractivity contribution in [2.24, 2.45) is 0 Å². The van der Waals surface area contributed by atoms with Crippen LogP contribution in [-0.2, 0) is 22.9 Å². The largest absolute Gasteiger partial charge is 0.506 e. The van der Waals surface area contributed by atoms with E-state index in [1.165, 1.54) is 29.5 Å². The summed E-state index contributed by atoms with van der Waals surface area (Å²) in [5, 5.41) is 16.4. The molecule has 214 valence electrons. The second-order valence-corrected chi connectivity index (χ2v) is 13.0. The Morgan fingerprint density at radius 3 is 2.52 bits per heavy atom. The number of thiazole rings is 1. The molecule has 0 saturated carbocycles. The highest BCUT2D eigenvalue weighted by molar-refractivity contribution is 7.91. The van der Waals surface area contributed by atoms with Crippen LogP contribution in [-0.4, -0.2) is 30.2 Å². The molecule has 1 amide bonds. The standard InChI is InChI=1S/C32H27ClN2O5S2/c33-25-12-14-27(15-13-25)42(38,39)17-5-6-22-11-16-30(36)28(18-22)35-32(37)24-9-4-10-26(19-24)40-20-31-34-29(21-41-31)23-7-2-1-3-8-23/h1-4,7-16,18-19,21,36H,5-6,17,20H2,(H,35,37). The van der Waals surface area contributed by atoms with Gasteiger partial charge in [0.05, 0.1) is 22.0 Å². The molecule has 0 saturated heterocycles. The highest BCUT2D eigenvalue weighted by atomic mass is 35.5. The second-order valence-electron chi connectivity index (χ2n) is 9.49. The molecule has 1 heterocycles. The summed E-state index contributed by atoms with van der Waals surface area (Å²) >= 11 is 7.36. The number of phenolic OH excluding ortho intramolecular Hbond substituents is 1. The van der Waals surface area contributed by atoms with Crippen LogP contribution in [0.1, 0.15) is 27.3 Å². The van der Waals surface area contributed by atoms with E-state index < -0.39 is 15.7 Å². The van der Waals surface area contributed by atoms with E-state index in [0.717, 1.165) is 21.8 Å². The summed E-state index contributed by atoms with van der Waals surface area (Å²) in [6, 6.07) is 27.6. The minimum atomic E-state index is -3.45. The fraction of sp³-hybridized carbons (Fsp3) is 0.125. The van der Waals surface area contributed by atoms with Crippen LogP contribution in [0.4, 0.5) is 5.69 Å². The third kappa shape index (κ3) is 7.55. The number of hydrogen-bond acceptors (Lipinski definition) is 7. The number of anilines is 1. The number of carbonyl (C=O) groups is 1. The molecule has 42 heavy (non-hydrogen) atoms. The minimum absolute atomic E-state index is 0.0431. The molecule has 1 aromatic heterocycles. The summed E-state index contributed by atoms with van der Waals surface area (Å²) in [7, 11) is -3.45. The van der Waals surface area contributed by atoms with E-state index in [9.17, 15) is 18.3 Å². The Bertz CT molecular complexity index is 1790. The van der Waals surface area contributed by atoms with Gasteiger partial charge in [0.15, 0.2) is 9.84 Å². The molecule has 0 spiro atoms. The highest BCUT2D eigenvalue weighted by Crippen LogP contribution is 2.27. The van der Waals surface area contributed by atoms with Crippen molar-refractivity contribution in [1.82, 2.24) is 4.98 Å². The molecule has 0 atom stereocenters. The molecular weight excluding hydrogens is 592 g/mol. The second kappa shape index (κ2) is 13.2. The van der Waals surface area contributed by atoms with Gasteiger partial charge in [0.2, 0.25) is 0 Å². The number of sulfone groups is 1. The summed E-state index contributed by atoms with van der Waals surface area (Å²) in [5.41, 5.74) is 3.30. The fourth-order valence-electron chi connectivity index (χ4n) is 4.25. The van der Waals surface area contributed by atoms with Crippen molar-refractivity contribution < 1.29 is 23.1 Å². The first kappa shape index (κ1) is 29.3. The van der Waals surface area contributed by atoms with Gasteiger partial charge in [-0.15, -0.1) is 11.3 Å². The quantitative estimate of drug-likeness (QED) is 0.149. The van der Waals surface area contributed by atoms with E-state index in [1.807, 2.05) is 35.7 Å². The van der Waals surface area contributed by atoms with Crippen LogP contribution in [0.5, 0.6) is 11.5 Å². The topological polar surface area (TPSA) is 106 Å². The van der Waals surface area contributed by atoms with E-state index in [4.69, 9.17) is 16.3 Å². The van der Waals surface area contributed by atoms with Gasteiger partial charge in [-0.25, -0.2) is 13.4 Å². The average Bonchev–Trinajstić information content (AvgIpc) is 3.48. The van der Waals surface area contributed by atoms with E-state index in [-0.39, 0.29) is 28.7 Å². The predicted octanol–water partition coefficient (Wildman–Crippen LogP) is 7.41. The molecule has 4 aromatic carbocycles. The number of nitrogens with zero attached hydrogens (tertiary/aromatic N) is 1. The maximum absolute atomic E-state index is 13.0. The number of rotatable bonds is 11. The fourth-order valence-corrected chi connectivity index (χ4v) is 6.40. The maximum atomic E-state index is 13.0. The van der Waals surface area contributed by atoms with Gasteiger partial charge in [-0.05, 0) is 73.0 Å². The lowest BCUT2D eigenvalue weighted by atomic mass is 10.1. The molecule has 0 unspecified atom stereocenters. The molecule has 0 fully saturated rings. The van der Waals surface area contributed by atoms with Crippen molar-refractivity contribution in [3.63, 3.8) is 0 Å². The third-order valence-corrected chi connectivity index (χ3v) is 9.33. The first-order valence-corrected chi connectivity index (χ1v) is 16.0. The van der Waals surface area contributed by atoms with E-state index in [1.54, 1.807) is 48.5 Å². The number of aromatic nitrogens is 1. The van der Waals surface area contributed by atoms with Crippen molar-refractivity contribution >= 4 is 44.4 Å². The van der Waals surface area contributed by atoms with Crippen LogP contribution >= 0.6 is 22.9 Å². The molecule has 0 aliphatic rings. The van der Waals surface area contributed by atoms with Crippen LogP contribution in [0.3, 0.4) is 0 Å². The maximum Gasteiger partial charge on any atom is 0.255 e. The lowest BCUT2D eigenvalue weighted by Gasteiger charge is -2.11. The van der Waals surface area contributed by atoms with E-state index in [2.05, 4.69) is 10.3 Å². The molecule has 0 aliphatic carbocycles. The number of halogens is 1. The zero-order valence-electron chi connectivity index (χ0n) is 22.4. The van der Waals surface area contributed by atoms with Crippen LogP contribution in [0, 0.1) is 0 Å². The van der Waals surface area contributed by atoms with Crippen molar-refractivity contribution in [2.75, 3.05) is 11.1 Å². The zero-order valence-corrected chi connectivity index (χ0v) is 24.8. The smallest absolute Gasteiger partial charge is 0.255 e. The summed E-state index contributed by atoms with van der Waals surface area (Å²) in [5.74, 6) is -0.0393. The average molecular weight is 619 g/mol. The lowest BCUT2D eigenvalue weighted by Crippen LogP contribution is -2.12. The monoisotopic (exact) mass is 618 g/mol. The zero-order chi connectivity index (χ0) is 29.5. The van der Waals surface area contributed by atoms with Gasteiger partial charge in [0.1, 0.15) is 23.1 Å². The molecule has 10 heteroatoms. The first-order valence-electron chi connectivity index (χ1n) is 13.1. The predicted molar refractivity (Wildman–Crippen MR) is 166 cm³/mol. The normalized spacial score (nSPS) is 11.3. The summed E-state index contributed by atoms with van der Waals surface area (Å²) < 4.78 is 31.1. The number of aryl methyl sites for hydroxylation is 1. The van der Waals surface area contributed by atoms with Crippen molar-refractivity contribution in [1.29, 1.82) is 0 Å². The van der Waals surface area contributed by atoms with Gasteiger partial charge in [-0.3, -0.25) is 4.79 Å². The SMILES string of the molecule is O=C(Nc1cc(CCCS(=O)(=O)c2ccc(Cl)cc2)ccc1O)c1cccc(OCc2nc(-c3ccccc3)cs2)c1. The number of hydrogen-bond donors (Lipinski definition) is 2. The Kier molecular flexibility index (Phi) is 9.22. The number of carbonyl (C=O) groups excluding carboxylic acids is 1. The summed E-state index contributed by atoms with van der Waals surface area (Å²) in [4.78, 5) is 17.9. The molecule has 5 rings (SSSR count). The van der Waals surface area contributed by atoms with Crippen molar-refractivity contribution in [3.8, 4) is 22.8 Å². The first-order chi connectivity index (χ1) is 20.3.